The topological polar surface area (TPSA) is 187 Å². The molecule has 18 nitrogen and oxygen atoms in total. The van der Waals surface area contributed by atoms with Crippen molar-refractivity contribution in [2.24, 2.45) is 4.99 Å². The van der Waals surface area contributed by atoms with E-state index in [2.05, 4.69) is 5.32 Å². The van der Waals surface area contributed by atoms with Crippen molar-refractivity contribution in [3.63, 3.8) is 0 Å². The number of nitrogens with one attached hydrogen (secondary N) is 1. The first-order valence-corrected chi connectivity index (χ1v) is 22.3. The summed E-state index contributed by atoms with van der Waals surface area (Å²) in [5, 5.41) is 5.50. The maximum atomic E-state index is 14.3. The van der Waals surface area contributed by atoms with E-state index in [-0.39, 0.29) is 69.5 Å². The Bertz CT molecular complexity index is 2650. The number of ether oxygens (including phenoxy) is 5. The second kappa shape index (κ2) is 18.6. The normalized spacial score (nSPS) is 18.0. The summed E-state index contributed by atoms with van der Waals surface area (Å²) < 4.78 is 29.8. The number of rotatable bonds is 17. The molecule has 1 fully saturated rings. The number of aliphatic imine (C=N–C) groups is 1. The van der Waals surface area contributed by atoms with E-state index < -0.39 is 23.4 Å². The van der Waals surface area contributed by atoms with Gasteiger partial charge in [0.1, 0.15) is 5.75 Å². The summed E-state index contributed by atoms with van der Waals surface area (Å²) in [4.78, 5) is 83.4. The van der Waals surface area contributed by atoms with Gasteiger partial charge in [-0.05, 0) is 62.1 Å². The van der Waals surface area contributed by atoms with Gasteiger partial charge in [0.2, 0.25) is 0 Å². The minimum Gasteiger partial charge on any atom is -0.493 e. The maximum absolute atomic E-state index is 14.3. The lowest BCUT2D eigenvalue weighted by Gasteiger charge is -2.30. The number of fused-ring (bicyclic) bond motifs is 8. The maximum Gasteiger partial charge on any atom is 0.333 e. The zero-order chi connectivity index (χ0) is 47.0. The molecule has 4 amide bonds. The summed E-state index contributed by atoms with van der Waals surface area (Å²) in [7, 11) is 4.76. The molecule has 0 radical (unpaired) electrons. The van der Waals surface area contributed by atoms with E-state index in [1.807, 2.05) is 48.7 Å². The molecule has 0 saturated carbocycles. The van der Waals surface area contributed by atoms with Gasteiger partial charge in [-0.3, -0.25) is 33.9 Å². The zero-order valence-corrected chi connectivity index (χ0v) is 38.0. The van der Waals surface area contributed by atoms with E-state index in [0.29, 0.717) is 82.1 Å². The predicted molar refractivity (Wildman–Crippen MR) is 245 cm³/mol. The van der Waals surface area contributed by atoms with Gasteiger partial charge >= 0.3 is 5.97 Å². The van der Waals surface area contributed by atoms with Gasteiger partial charge in [0.05, 0.1) is 79.7 Å². The first kappa shape index (κ1) is 45.0. The fourth-order valence-corrected chi connectivity index (χ4v) is 9.00. The molecule has 0 aliphatic carbocycles. The lowest BCUT2D eigenvalue weighted by molar-refractivity contribution is -0.245. The van der Waals surface area contributed by atoms with Crippen molar-refractivity contribution in [3.8, 4) is 28.7 Å². The van der Waals surface area contributed by atoms with Crippen molar-refractivity contribution in [1.29, 1.82) is 0 Å². The number of benzene rings is 4. The summed E-state index contributed by atoms with van der Waals surface area (Å²) in [5.41, 5.74) is 4.97. The molecule has 1 saturated heterocycles. The van der Waals surface area contributed by atoms with Crippen LogP contribution in [0.5, 0.6) is 28.7 Å². The number of hydrogen-bond donors (Lipinski definition) is 1. The highest BCUT2D eigenvalue weighted by atomic mass is 16.7. The van der Waals surface area contributed by atoms with Gasteiger partial charge in [0, 0.05) is 69.4 Å². The molecule has 5 aliphatic heterocycles. The van der Waals surface area contributed by atoms with E-state index in [4.69, 9.17) is 38.4 Å². The highest BCUT2D eigenvalue weighted by Gasteiger charge is 2.40. The Labute approximate surface area is 387 Å². The van der Waals surface area contributed by atoms with Crippen molar-refractivity contribution in [1.82, 2.24) is 10.1 Å². The largest absolute Gasteiger partial charge is 0.493 e. The highest BCUT2D eigenvalue weighted by Crippen LogP contribution is 2.43. The van der Waals surface area contributed by atoms with Crippen molar-refractivity contribution in [3.05, 3.63) is 89.0 Å². The second-order valence-corrected chi connectivity index (χ2v) is 17.5. The predicted octanol–water partition coefficient (Wildman–Crippen LogP) is 6.20. The molecule has 9 rings (SSSR count). The quantitative estimate of drug-likeness (QED) is 0.0546. The van der Waals surface area contributed by atoms with Crippen LogP contribution in [0.15, 0.2) is 71.7 Å². The minimum absolute atomic E-state index is 0.0254. The molecule has 0 unspecified atom stereocenters. The average Bonchev–Trinajstić information content (AvgIpc) is 3.93. The smallest absolute Gasteiger partial charge is 0.333 e. The molecule has 1 N–H and O–H groups in total. The Kier molecular flexibility index (Phi) is 12.5. The van der Waals surface area contributed by atoms with Crippen LogP contribution in [0.4, 0.5) is 22.7 Å². The molecular weight excluding hydrogens is 865 g/mol. The molecule has 350 valence electrons. The summed E-state index contributed by atoms with van der Waals surface area (Å²) in [6.07, 6.45) is 3.90. The molecule has 18 heteroatoms. The number of carbonyl (C=O) groups is 5. The number of imide groups is 1. The number of hydroxylamine groups is 4. The van der Waals surface area contributed by atoms with Crippen molar-refractivity contribution < 1.29 is 57.3 Å². The van der Waals surface area contributed by atoms with E-state index in [1.54, 1.807) is 55.0 Å². The molecule has 2 atom stereocenters. The Hall–Kier alpha value is -7.18. The van der Waals surface area contributed by atoms with Crippen LogP contribution in [-0.4, -0.2) is 111 Å². The van der Waals surface area contributed by atoms with Crippen molar-refractivity contribution in [2.45, 2.75) is 76.5 Å². The molecule has 5 heterocycles. The lowest BCUT2D eigenvalue weighted by atomic mass is 10.0. The number of amides is 4. The third kappa shape index (κ3) is 9.18. The number of anilines is 3. The fourth-order valence-electron chi connectivity index (χ4n) is 9.00. The van der Waals surface area contributed by atoms with Gasteiger partial charge in [-0.1, -0.05) is 24.3 Å². The summed E-state index contributed by atoms with van der Waals surface area (Å²) in [6.45, 7) is 4.70. The van der Waals surface area contributed by atoms with Gasteiger partial charge in [-0.15, -0.1) is 5.06 Å². The van der Waals surface area contributed by atoms with Crippen molar-refractivity contribution in [2.75, 3.05) is 62.9 Å². The SMILES string of the molecule is COc1cc2c(cc1OCCCOc1cc3c(cc1OC)C(=O)N1c4cc(OCN(C)OC(C)(C)CCC(=O)ON5C(=O)CCC5=O)ccc4C[C@H]1CN3)N=C[C@@H]1Cc3ccccc3N1C2=O. The zero-order valence-electron chi connectivity index (χ0n) is 38.0. The van der Waals surface area contributed by atoms with Crippen LogP contribution in [0.2, 0.25) is 0 Å². The Morgan fingerprint density at radius 3 is 2.22 bits per heavy atom. The second-order valence-electron chi connectivity index (χ2n) is 17.5. The number of para-hydroxylation sites is 1. The number of nitrogens with zero attached hydrogens (tertiary/aromatic N) is 5. The van der Waals surface area contributed by atoms with Crippen LogP contribution in [0.25, 0.3) is 0 Å². The van der Waals surface area contributed by atoms with Crippen LogP contribution >= 0.6 is 0 Å². The average molecular weight is 917 g/mol. The van der Waals surface area contributed by atoms with Gasteiger partial charge in [-0.2, -0.15) is 5.06 Å². The lowest BCUT2D eigenvalue weighted by Crippen LogP contribution is -2.39. The van der Waals surface area contributed by atoms with Crippen LogP contribution in [0.3, 0.4) is 0 Å². The monoisotopic (exact) mass is 916 g/mol. The summed E-state index contributed by atoms with van der Waals surface area (Å²) in [5.74, 6) is 0.210. The molecule has 4 aromatic carbocycles. The van der Waals surface area contributed by atoms with Crippen LogP contribution in [0.1, 0.15) is 77.8 Å². The first-order chi connectivity index (χ1) is 32.3. The van der Waals surface area contributed by atoms with Gasteiger partial charge in [0.15, 0.2) is 29.7 Å². The van der Waals surface area contributed by atoms with Gasteiger partial charge < -0.3 is 38.7 Å². The standard InChI is InChI=1S/C49H52N6O12/c1-49(2,16-15-46(58)66-55-44(56)13-14-45(55)57)67-52(3)28-65-33-12-11-30-20-32-27-51-37-25-43(41(62-5)23-35(37)48(60)54(32)39(30)21-33)64-18-8-17-63-42-24-36-34(22-40(42)61-4)47(59)53-31(26-50-36)19-29-9-6-7-10-38(29)53/h6-7,9-12,21-26,31-32,51H,8,13-20,27-28H2,1-5H3/t31-,32-/m0/s1. The molecule has 0 aromatic heterocycles. The molecule has 0 spiro atoms. The third-order valence-corrected chi connectivity index (χ3v) is 12.3. The van der Waals surface area contributed by atoms with E-state index >= 15 is 0 Å². The molecule has 4 aromatic rings. The summed E-state index contributed by atoms with van der Waals surface area (Å²) >= 11 is 0. The summed E-state index contributed by atoms with van der Waals surface area (Å²) in [6, 6.07) is 20.2. The minimum atomic E-state index is -0.814. The number of hydrogen-bond acceptors (Lipinski definition) is 15. The van der Waals surface area contributed by atoms with Crippen LogP contribution in [0, 0.1) is 0 Å². The molecule has 5 aliphatic rings. The third-order valence-electron chi connectivity index (χ3n) is 12.3. The molecular formula is C49H52N6O12. The Morgan fingerprint density at radius 2 is 1.48 bits per heavy atom. The molecule has 67 heavy (non-hydrogen) atoms. The number of carbonyl (C=O) groups excluding carboxylic acids is 5. The van der Waals surface area contributed by atoms with Crippen molar-refractivity contribution >= 4 is 58.6 Å². The Balaban J connectivity index is 0.788. The van der Waals surface area contributed by atoms with Crippen LogP contribution < -0.4 is 38.8 Å². The molecule has 0 bridgehead atoms. The van der Waals surface area contributed by atoms with E-state index in [1.165, 1.54) is 19.3 Å². The Morgan fingerprint density at radius 1 is 0.791 bits per heavy atom. The fraction of sp³-hybridized carbons (Fsp3) is 0.388. The number of methoxy groups -OCH3 is 2. The highest BCUT2D eigenvalue weighted by molar-refractivity contribution is 6.15. The van der Waals surface area contributed by atoms with E-state index in [0.717, 1.165) is 22.5 Å². The van der Waals surface area contributed by atoms with Crippen LogP contribution in [-0.2, 0) is 36.9 Å². The van der Waals surface area contributed by atoms with Gasteiger partial charge in [0.25, 0.3) is 23.6 Å². The van der Waals surface area contributed by atoms with Gasteiger partial charge in [-0.25, -0.2) is 4.79 Å². The van der Waals surface area contributed by atoms with E-state index in [9.17, 15) is 24.0 Å². The first-order valence-electron chi connectivity index (χ1n) is 22.3.